The molecule has 0 radical (unpaired) electrons. The normalized spacial score (nSPS) is 11.1. The van der Waals surface area contributed by atoms with Gasteiger partial charge in [0.1, 0.15) is 17.3 Å². The molecule has 0 aliphatic rings. The van der Waals surface area contributed by atoms with Crippen LogP contribution in [-0.2, 0) is 6.42 Å². The molecule has 1 N–H and O–H groups in total. The van der Waals surface area contributed by atoms with E-state index >= 15 is 0 Å². The summed E-state index contributed by atoms with van der Waals surface area (Å²) in [5, 5.41) is 8.34. The lowest BCUT2D eigenvalue weighted by Gasteiger charge is -2.08. The van der Waals surface area contributed by atoms with Crippen molar-refractivity contribution in [2.45, 2.75) is 19.3 Å². The molecule has 1 aromatic heterocycles. The highest BCUT2D eigenvalue weighted by molar-refractivity contribution is 5.91. The van der Waals surface area contributed by atoms with Gasteiger partial charge in [-0.3, -0.25) is 0 Å². The molecule has 0 saturated carbocycles. The third kappa shape index (κ3) is 5.24. The van der Waals surface area contributed by atoms with Crippen molar-refractivity contribution >= 4 is 11.0 Å². The van der Waals surface area contributed by atoms with Crippen LogP contribution >= 0.6 is 0 Å². The van der Waals surface area contributed by atoms with Crippen LogP contribution in [0.25, 0.3) is 22.2 Å². The summed E-state index contributed by atoms with van der Waals surface area (Å²) in [5.74, 6) is 0.487. The summed E-state index contributed by atoms with van der Waals surface area (Å²) in [6.45, 7) is 2.62. The molecular formula is C25H25FN2O2. The molecule has 0 spiro atoms. The Labute approximate surface area is 175 Å². The standard InChI is InChI=1S/C25H25FN2O2/c26-21-11-14-23-24(18-21)30-28-25(23)20-9-12-22(13-10-20)29-17-5-16-27-15-4-8-19-6-2-1-3-7-19/h1-3,6-7,9-14,18,27H,4-5,8,15-17H2. The van der Waals surface area contributed by atoms with E-state index in [9.17, 15) is 4.39 Å². The fraction of sp³-hybridized carbons (Fsp3) is 0.240. The number of hydrogen-bond acceptors (Lipinski definition) is 4. The molecule has 154 valence electrons. The minimum Gasteiger partial charge on any atom is -0.494 e. The van der Waals surface area contributed by atoms with E-state index in [1.54, 1.807) is 6.07 Å². The van der Waals surface area contributed by atoms with Crippen LogP contribution in [0.2, 0.25) is 0 Å². The molecule has 0 aliphatic heterocycles. The van der Waals surface area contributed by atoms with Gasteiger partial charge in [-0.1, -0.05) is 35.5 Å². The van der Waals surface area contributed by atoms with E-state index in [1.165, 1.54) is 17.7 Å². The van der Waals surface area contributed by atoms with Crippen molar-refractivity contribution in [1.82, 2.24) is 10.5 Å². The maximum Gasteiger partial charge on any atom is 0.170 e. The summed E-state index contributed by atoms with van der Waals surface area (Å²) in [5.41, 5.74) is 3.45. The Morgan fingerprint density at radius 3 is 2.53 bits per heavy atom. The second-order valence-electron chi connectivity index (χ2n) is 7.24. The van der Waals surface area contributed by atoms with Crippen LogP contribution in [0.4, 0.5) is 4.39 Å². The Morgan fingerprint density at radius 2 is 1.70 bits per heavy atom. The Hall–Kier alpha value is -3.18. The second kappa shape index (κ2) is 10.0. The summed E-state index contributed by atoms with van der Waals surface area (Å²) < 4.78 is 24.4. The number of aryl methyl sites for hydroxylation is 1. The molecule has 4 nitrogen and oxygen atoms in total. The SMILES string of the molecule is Fc1ccc2c(-c3ccc(OCCCNCCCc4ccccc4)cc3)noc2c1. The molecule has 0 unspecified atom stereocenters. The zero-order valence-corrected chi connectivity index (χ0v) is 16.8. The van der Waals surface area contributed by atoms with E-state index in [1.807, 2.05) is 30.3 Å². The van der Waals surface area contributed by atoms with Crippen LogP contribution in [0.5, 0.6) is 5.75 Å². The smallest absolute Gasteiger partial charge is 0.170 e. The predicted octanol–water partition coefficient (Wildman–Crippen LogP) is 5.63. The first kappa shape index (κ1) is 20.1. The Morgan fingerprint density at radius 1 is 0.900 bits per heavy atom. The number of fused-ring (bicyclic) bond motifs is 1. The second-order valence-corrected chi connectivity index (χ2v) is 7.24. The zero-order chi connectivity index (χ0) is 20.6. The topological polar surface area (TPSA) is 47.3 Å². The number of nitrogens with zero attached hydrogens (tertiary/aromatic N) is 1. The molecule has 1 heterocycles. The maximum atomic E-state index is 13.3. The molecule has 0 amide bonds. The van der Waals surface area contributed by atoms with Gasteiger partial charge in [-0.25, -0.2) is 4.39 Å². The van der Waals surface area contributed by atoms with E-state index in [0.717, 1.165) is 49.1 Å². The van der Waals surface area contributed by atoms with Gasteiger partial charge in [0.15, 0.2) is 5.58 Å². The van der Waals surface area contributed by atoms with Crippen molar-refractivity contribution in [2.24, 2.45) is 0 Å². The summed E-state index contributed by atoms with van der Waals surface area (Å²) in [4.78, 5) is 0. The first-order chi connectivity index (χ1) is 14.8. The van der Waals surface area contributed by atoms with E-state index in [4.69, 9.17) is 9.26 Å². The largest absolute Gasteiger partial charge is 0.494 e. The fourth-order valence-corrected chi connectivity index (χ4v) is 3.40. The Balaban J connectivity index is 1.17. The van der Waals surface area contributed by atoms with Crippen molar-refractivity contribution in [3.8, 4) is 17.0 Å². The monoisotopic (exact) mass is 404 g/mol. The zero-order valence-electron chi connectivity index (χ0n) is 16.8. The number of halogens is 1. The number of benzene rings is 3. The molecular weight excluding hydrogens is 379 g/mol. The molecule has 0 saturated heterocycles. The first-order valence-corrected chi connectivity index (χ1v) is 10.3. The molecule has 5 heteroatoms. The van der Waals surface area contributed by atoms with Gasteiger partial charge >= 0.3 is 0 Å². The van der Waals surface area contributed by atoms with Gasteiger partial charge < -0.3 is 14.6 Å². The van der Waals surface area contributed by atoms with Gasteiger partial charge in [0, 0.05) is 17.0 Å². The van der Waals surface area contributed by atoms with Gasteiger partial charge in [0.25, 0.3) is 0 Å². The van der Waals surface area contributed by atoms with E-state index in [0.29, 0.717) is 17.9 Å². The number of aromatic nitrogens is 1. The summed E-state index contributed by atoms with van der Waals surface area (Å²) in [6.07, 6.45) is 3.19. The molecule has 0 aliphatic carbocycles. The van der Waals surface area contributed by atoms with E-state index < -0.39 is 0 Å². The Bertz CT molecular complexity index is 1060. The van der Waals surface area contributed by atoms with Crippen LogP contribution < -0.4 is 10.1 Å². The third-order valence-electron chi connectivity index (χ3n) is 4.99. The number of rotatable bonds is 10. The van der Waals surface area contributed by atoms with Crippen molar-refractivity contribution in [3.63, 3.8) is 0 Å². The van der Waals surface area contributed by atoms with Crippen LogP contribution in [0.15, 0.2) is 77.3 Å². The maximum absolute atomic E-state index is 13.3. The quantitative estimate of drug-likeness (QED) is 0.348. The average Bonchev–Trinajstić information content (AvgIpc) is 3.20. The summed E-state index contributed by atoms with van der Waals surface area (Å²) in [6, 6.07) is 22.7. The van der Waals surface area contributed by atoms with Crippen LogP contribution in [-0.4, -0.2) is 24.9 Å². The number of ether oxygens (including phenoxy) is 1. The van der Waals surface area contributed by atoms with Gasteiger partial charge in [0.05, 0.1) is 6.61 Å². The lowest BCUT2D eigenvalue weighted by atomic mass is 10.1. The number of hydrogen-bond donors (Lipinski definition) is 1. The van der Waals surface area contributed by atoms with Crippen molar-refractivity contribution in [1.29, 1.82) is 0 Å². The van der Waals surface area contributed by atoms with Gasteiger partial charge in [-0.2, -0.15) is 0 Å². The van der Waals surface area contributed by atoms with Crippen LogP contribution in [0, 0.1) is 5.82 Å². The van der Waals surface area contributed by atoms with E-state index in [2.05, 4.69) is 34.7 Å². The minimum absolute atomic E-state index is 0.334. The highest BCUT2D eigenvalue weighted by Crippen LogP contribution is 2.29. The Kier molecular flexibility index (Phi) is 6.72. The predicted molar refractivity (Wildman–Crippen MR) is 117 cm³/mol. The fourth-order valence-electron chi connectivity index (χ4n) is 3.40. The number of nitrogens with one attached hydrogen (secondary N) is 1. The van der Waals surface area contributed by atoms with Crippen molar-refractivity contribution in [3.05, 3.63) is 84.2 Å². The highest BCUT2D eigenvalue weighted by Gasteiger charge is 2.11. The lowest BCUT2D eigenvalue weighted by molar-refractivity contribution is 0.308. The molecule has 0 atom stereocenters. The molecule has 0 bridgehead atoms. The molecule has 3 aromatic carbocycles. The molecule has 4 rings (SSSR count). The van der Waals surface area contributed by atoms with Crippen molar-refractivity contribution < 1.29 is 13.7 Å². The summed E-state index contributed by atoms with van der Waals surface area (Å²) >= 11 is 0. The average molecular weight is 404 g/mol. The summed E-state index contributed by atoms with van der Waals surface area (Å²) in [7, 11) is 0. The van der Waals surface area contributed by atoms with Gasteiger partial charge in [-0.05, 0) is 74.3 Å². The first-order valence-electron chi connectivity index (χ1n) is 10.3. The van der Waals surface area contributed by atoms with Gasteiger partial charge in [0.2, 0.25) is 0 Å². The lowest BCUT2D eigenvalue weighted by Crippen LogP contribution is -2.19. The van der Waals surface area contributed by atoms with Crippen LogP contribution in [0.1, 0.15) is 18.4 Å². The van der Waals surface area contributed by atoms with Crippen molar-refractivity contribution in [2.75, 3.05) is 19.7 Å². The van der Waals surface area contributed by atoms with E-state index in [-0.39, 0.29) is 5.82 Å². The molecule has 0 fully saturated rings. The highest BCUT2D eigenvalue weighted by atomic mass is 19.1. The molecule has 4 aromatic rings. The third-order valence-corrected chi connectivity index (χ3v) is 4.99. The molecule has 30 heavy (non-hydrogen) atoms. The minimum atomic E-state index is -0.334. The van der Waals surface area contributed by atoms with Crippen LogP contribution in [0.3, 0.4) is 0 Å². The van der Waals surface area contributed by atoms with Gasteiger partial charge in [-0.15, -0.1) is 0 Å².